The molecule has 8 heteroatoms. The number of anilines is 2. The van der Waals surface area contributed by atoms with Gasteiger partial charge in [0.25, 0.3) is 0 Å². The van der Waals surface area contributed by atoms with E-state index in [2.05, 4.69) is 20.5 Å². The molecule has 0 radical (unpaired) electrons. The van der Waals surface area contributed by atoms with E-state index in [0.717, 1.165) is 24.3 Å². The van der Waals surface area contributed by atoms with Crippen molar-refractivity contribution in [2.45, 2.75) is 19.6 Å². The number of hydrogen-bond donors (Lipinski definition) is 2. The van der Waals surface area contributed by atoms with Crippen LogP contribution in [0.5, 0.6) is 0 Å². The fraction of sp³-hybridized carbons (Fsp3) is 0.400. The first-order valence-corrected chi connectivity index (χ1v) is 9.15. The lowest BCUT2D eigenvalue weighted by atomic mass is 10.1. The van der Waals surface area contributed by atoms with Crippen molar-refractivity contribution in [1.82, 2.24) is 9.88 Å². The highest BCUT2D eigenvalue weighted by molar-refractivity contribution is 5.99. The minimum atomic E-state index is -0.520. The third kappa shape index (κ3) is 5.72. The second-order valence-corrected chi connectivity index (χ2v) is 6.76. The fourth-order valence-corrected chi connectivity index (χ4v) is 3.06. The monoisotopic (exact) mass is 388 g/mol. The van der Waals surface area contributed by atoms with E-state index in [1.54, 1.807) is 37.6 Å². The summed E-state index contributed by atoms with van der Waals surface area (Å²) in [6.45, 7) is 5.21. The van der Waals surface area contributed by atoms with E-state index in [4.69, 9.17) is 9.47 Å². The molecule has 1 unspecified atom stereocenters. The molecule has 2 N–H and O–H groups in total. The Morgan fingerprint density at radius 3 is 2.96 bits per heavy atom. The van der Waals surface area contributed by atoms with Gasteiger partial charge in [-0.1, -0.05) is 6.07 Å². The van der Waals surface area contributed by atoms with E-state index in [1.165, 1.54) is 6.07 Å². The second-order valence-electron chi connectivity index (χ2n) is 6.76. The van der Waals surface area contributed by atoms with Gasteiger partial charge in [-0.25, -0.2) is 9.18 Å². The number of urea groups is 1. The molecular formula is C20H25FN4O3. The van der Waals surface area contributed by atoms with Crippen molar-refractivity contribution >= 4 is 17.4 Å². The summed E-state index contributed by atoms with van der Waals surface area (Å²) < 4.78 is 25.0. The normalized spacial score (nSPS) is 17.3. The Hall–Kier alpha value is -2.55. The number of pyridine rings is 1. The molecule has 0 aliphatic carbocycles. The van der Waals surface area contributed by atoms with E-state index in [0.29, 0.717) is 25.4 Å². The van der Waals surface area contributed by atoms with Crippen molar-refractivity contribution in [3.8, 4) is 0 Å². The molecule has 150 valence electrons. The molecule has 1 aliphatic rings. The number of rotatable bonds is 6. The number of benzene rings is 1. The molecule has 1 saturated heterocycles. The number of aryl methyl sites for hydroxylation is 1. The summed E-state index contributed by atoms with van der Waals surface area (Å²) in [7, 11) is 1.65. The van der Waals surface area contributed by atoms with Crippen LogP contribution in [0.4, 0.5) is 20.6 Å². The largest absolute Gasteiger partial charge is 0.382 e. The zero-order valence-electron chi connectivity index (χ0n) is 16.1. The maximum atomic E-state index is 14.2. The van der Waals surface area contributed by atoms with Gasteiger partial charge in [0.15, 0.2) is 0 Å². The van der Waals surface area contributed by atoms with Crippen LogP contribution in [0.3, 0.4) is 0 Å². The number of hydrogen-bond acceptors (Lipinski definition) is 5. The van der Waals surface area contributed by atoms with E-state index < -0.39 is 11.8 Å². The summed E-state index contributed by atoms with van der Waals surface area (Å²) in [4.78, 5) is 18.5. The number of carbonyl (C=O) groups is 1. The number of halogens is 1. The summed E-state index contributed by atoms with van der Waals surface area (Å²) in [5, 5.41) is 5.21. The van der Waals surface area contributed by atoms with Crippen molar-refractivity contribution in [2.75, 3.05) is 44.0 Å². The van der Waals surface area contributed by atoms with Crippen LogP contribution in [0.2, 0.25) is 0 Å². The standard InChI is InChI=1S/C20H25FN4O3/c1-14-3-5-16(10-22-14)23-20(26)24-19-9-15(4-6-18(19)21)11-25-7-8-28-17(12-25)13-27-2/h3-6,9-10,17H,7-8,11-13H2,1-2H3,(H2,23,24,26). The molecule has 3 rings (SSSR count). The number of amides is 2. The maximum absolute atomic E-state index is 14.2. The summed E-state index contributed by atoms with van der Waals surface area (Å²) >= 11 is 0. The highest BCUT2D eigenvalue weighted by Crippen LogP contribution is 2.19. The quantitative estimate of drug-likeness (QED) is 0.796. The SMILES string of the molecule is COCC1CN(Cc2ccc(F)c(NC(=O)Nc3ccc(C)nc3)c2)CCO1. The minimum Gasteiger partial charge on any atom is -0.382 e. The van der Waals surface area contributed by atoms with Gasteiger partial charge >= 0.3 is 6.03 Å². The number of aromatic nitrogens is 1. The average molecular weight is 388 g/mol. The van der Waals surface area contributed by atoms with E-state index >= 15 is 0 Å². The van der Waals surface area contributed by atoms with Crippen LogP contribution in [-0.2, 0) is 16.0 Å². The van der Waals surface area contributed by atoms with Gasteiger partial charge in [0, 0.05) is 32.4 Å². The first-order chi connectivity index (χ1) is 13.5. The molecule has 1 fully saturated rings. The molecule has 0 saturated carbocycles. The lowest BCUT2D eigenvalue weighted by molar-refractivity contribution is -0.0631. The van der Waals surface area contributed by atoms with Gasteiger partial charge in [0.2, 0.25) is 0 Å². The zero-order chi connectivity index (χ0) is 19.9. The minimum absolute atomic E-state index is 0.0330. The van der Waals surface area contributed by atoms with E-state index in [1.807, 2.05) is 6.92 Å². The lowest BCUT2D eigenvalue weighted by Crippen LogP contribution is -2.43. The molecular weight excluding hydrogens is 363 g/mol. The molecule has 28 heavy (non-hydrogen) atoms. The highest BCUT2D eigenvalue weighted by atomic mass is 19.1. The third-order valence-electron chi connectivity index (χ3n) is 4.43. The second kappa shape index (κ2) is 9.59. The van der Waals surface area contributed by atoms with Crippen molar-refractivity contribution in [2.24, 2.45) is 0 Å². The molecule has 1 aromatic heterocycles. The van der Waals surface area contributed by atoms with Gasteiger partial charge in [-0.2, -0.15) is 0 Å². The number of ether oxygens (including phenoxy) is 2. The predicted octanol–water partition coefficient (Wildman–Crippen LogP) is 3.02. The topological polar surface area (TPSA) is 75.7 Å². The maximum Gasteiger partial charge on any atom is 0.323 e. The Kier molecular flexibility index (Phi) is 6.91. The summed E-state index contributed by atoms with van der Waals surface area (Å²) in [6.07, 6.45) is 1.59. The molecule has 0 spiro atoms. The van der Waals surface area contributed by atoms with Crippen LogP contribution in [0.15, 0.2) is 36.5 Å². The Bertz CT molecular complexity index is 799. The van der Waals surface area contributed by atoms with Crippen LogP contribution in [-0.4, -0.2) is 55.4 Å². The molecule has 2 aromatic rings. The zero-order valence-corrected chi connectivity index (χ0v) is 16.1. The molecule has 2 amide bonds. The van der Waals surface area contributed by atoms with Crippen molar-refractivity contribution in [3.05, 3.63) is 53.6 Å². The van der Waals surface area contributed by atoms with Gasteiger partial charge < -0.3 is 20.1 Å². The molecule has 0 bridgehead atoms. The van der Waals surface area contributed by atoms with Crippen LogP contribution in [0.25, 0.3) is 0 Å². The average Bonchev–Trinajstić information content (AvgIpc) is 2.67. The van der Waals surface area contributed by atoms with Crippen LogP contribution >= 0.6 is 0 Å². The van der Waals surface area contributed by atoms with Gasteiger partial charge in [0.05, 0.1) is 36.9 Å². The molecule has 2 heterocycles. The van der Waals surface area contributed by atoms with Crippen LogP contribution in [0.1, 0.15) is 11.3 Å². The lowest BCUT2D eigenvalue weighted by Gasteiger charge is -2.32. The number of carbonyl (C=O) groups excluding carboxylic acids is 1. The number of nitrogens with one attached hydrogen (secondary N) is 2. The highest BCUT2D eigenvalue weighted by Gasteiger charge is 2.20. The Morgan fingerprint density at radius 1 is 1.36 bits per heavy atom. The third-order valence-corrected chi connectivity index (χ3v) is 4.43. The Labute approximate surface area is 163 Å². The summed E-state index contributed by atoms with van der Waals surface area (Å²) in [5.74, 6) is -0.486. The van der Waals surface area contributed by atoms with Crippen LogP contribution < -0.4 is 10.6 Å². The molecule has 1 aliphatic heterocycles. The molecule has 1 atom stereocenters. The van der Waals surface area contributed by atoms with Crippen molar-refractivity contribution < 1.29 is 18.7 Å². The van der Waals surface area contributed by atoms with Gasteiger partial charge in [-0.05, 0) is 36.8 Å². The number of methoxy groups -OCH3 is 1. The van der Waals surface area contributed by atoms with Crippen molar-refractivity contribution in [3.63, 3.8) is 0 Å². The van der Waals surface area contributed by atoms with E-state index in [9.17, 15) is 9.18 Å². The summed E-state index contributed by atoms with van der Waals surface area (Å²) in [5.41, 5.74) is 2.43. The molecule has 7 nitrogen and oxygen atoms in total. The number of morpholine rings is 1. The predicted molar refractivity (Wildman–Crippen MR) is 105 cm³/mol. The Morgan fingerprint density at radius 2 is 2.21 bits per heavy atom. The smallest absolute Gasteiger partial charge is 0.323 e. The van der Waals surface area contributed by atoms with E-state index in [-0.39, 0.29) is 11.8 Å². The van der Waals surface area contributed by atoms with Gasteiger partial charge in [0.1, 0.15) is 5.82 Å². The summed E-state index contributed by atoms with van der Waals surface area (Å²) in [6, 6.07) is 7.75. The Balaban J connectivity index is 1.61. The fourth-order valence-electron chi connectivity index (χ4n) is 3.06. The van der Waals surface area contributed by atoms with Crippen LogP contribution in [0, 0.1) is 12.7 Å². The number of nitrogens with zero attached hydrogens (tertiary/aromatic N) is 2. The first-order valence-electron chi connectivity index (χ1n) is 9.15. The molecule has 1 aromatic carbocycles. The first kappa shape index (κ1) is 20.2. The van der Waals surface area contributed by atoms with Gasteiger partial charge in [-0.15, -0.1) is 0 Å². The van der Waals surface area contributed by atoms with Gasteiger partial charge in [-0.3, -0.25) is 9.88 Å². The van der Waals surface area contributed by atoms with Crippen molar-refractivity contribution in [1.29, 1.82) is 0 Å².